The van der Waals surface area contributed by atoms with Gasteiger partial charge in [0.2, 0.25) is 0 Å². The Labute approximate surface area is 75.6 Å². The van der Waals surface area contributed by atoms with Crippen LogP contribution in [-0.4, -0.2) is 0 Å². The number of rotatable bonds is 2. The van der Waals surface area contributed by atoms with Gasteiger partial charge in [-0.3, -0.25) is 0 Å². The lowest BCUT2D eigenvalue weighted by molar-refractivity contribution is 0.494. The molecule has 1 nitrogen and oxygen atoms in total. The first-order valence-electron chi connectivity index (χ1n) is 3.97. The van der Waals surface area contributed by atoms with Crippen molar-refractivity contribution in [2.24, 2.45) is 5.92 Å². The molecule has 0 amide bonds. The Balaban J connectivity index is 2.90. The first-order chi connectivity index (χ1) is 6.15. The molecule has 13 heavy (non-hydrogen) atoms. The molecule has 0 heterocycles. The smallest absolute Gasteiger partial charge is 0.162 e. The van der Waals surface area contributed by atoms with Crippen molar-refractivity contribution in [2.75, 3.05) is 0 Å². The molecule has 0 N–H and O–H groups in total. The van der Waals surface area contributed by atoms with Crippen LogP contribution in [0.3, 0.4) is 0 Å². The molecule has 0 bridgehead atoms. The van der Waals surface area contributed by atoms with E-state index in [1.165, 1.54) is 12.1 Å². The number of hydrogen-bond acceptors (Lipinski definition) is 1. The third-order valence-corrected chi connectivity index (χ3v) is 1.78. The van der Waals surface area contributed by atoms with E-state index in [1.54, 1.807) is 6.92 Å². The molecule has 1 atom stereocenters. The summed E-state index contributed by atoms with van der Waals surface area (Å²) in [5.74, 6) is -2.00. The van der Waals surface area contributed by atoms with E-state index >= 15 is 0 Å². The molecule has 0 aromatic heterocycles. The number of nitriles is 1. The van der Waals surface area contributed by atoms with E-state index in [9.17, 15) is 8.78 Å². The summed E-state index contributed by atoms with van der Waals surface area (Å²) in [5.41, 5.74) is 0.258. The highest BCUT2D eigenvalue weighted by atomic mass is 19.2. The quantitative estimate of drug-likeness (QED) is 0.688. The van der Waals surface area contributed by atoms with E-state index in [-0.39, 0.29) is 17.9 Å². The average Bonchev–Trinajstić information content (AvgIpc) is 2.13. The Morgan fingerprint density at radius 1 is 1.46 bits per heavy atom. The first-order valence-corrected chi connectivity index (χ1v) is 3.97. The van der Waals surface area contributed by atoms with Crippen LogP contribution in [0.25, 0.3) is 0 Å². The second-order valence-electron chi connectivity index (χ2n) is 2.95. The van der Waals surface area contributed by atoms with Gasteiger partial charge in [-0.2, -0.15) is 5.26 Å². The van der Waals surface area contributed by atoms with Gasteiger partial charge in [-0.05, 0) is 25.0 Å². The van der Waals surface area contributed by atoms with Crippen LogP contribution in [0.2, 0.25) is 0 Å². The van der Waals surface area contributed by atoms with Crippen molar-refractivity contribution >= 4 is 0 Å². The SMILES string of the molecule is CC(C#N)Cc1cccc(F)c1F. The number of nitrogens with zero attached hydrogens (tertiary/aromatic N) is 1. The molecule has 1 aromatic carbocycles. The van der Waals surface area contributed by atoms with Gasteiger partial charge in [-0.15, -0.1) is 0 Å². The molecule has 0 aliphatic carbocycles. The minimum absolute atomic E-state index is 0.250. The second kappa shape index (κ2) is 3.99. The highest BCUT2D eigenvalue weighted by Crippen LogP contribution is 2.14. The largest absolute Gasteiger partial charge is 0.204 e. The zero-order chi connectivity index (χ0) is 9.84. The van der Waals surface area contributed by atoms with Crippen LogP contribution in [0, 0.1) is 28.9 Å². The standard InChI is InChI=1S/C10H9F2N/c1-7(6-13)5-8-3-2-4-9(11)10(8)12/h2-4,7H,5H2,1H3. The zero-order valence-electron chi connectivity index (χ0n) is 7.22. The fraction of sp³-hybridized carbons (Fsp3) is 0.300. The minimum Gasteiger partial charge on any atom is -0.204 e. The van der Waals surface area contributed by atoms with E-state index in [0.717, 1.165) is 6.07 Å². The molecule has 0 aliphatic rings. The predicted molar refractivity (Wildman–Crippen MR) is 44.8 cm³/mol. The highest BCUT2D eigenvalue weighted by molar-refractivity contribution is 5.20. The molecule has 0 fully saturated rings. The molecule has 1 rings (SSSR count). The summed E-state index contributed by atoms with van der Waals surface area (Å²) in [5, 5.41) is 8.49. The van der Waals surface area contributed by atoms with Gasteiger partial charge in [0, 0.05) is 5.92 Å². The minimum atomic E-state index is -0.859. The molecule has 0 aliphatic heterocycles. The van der Waals surface area contributed by atoms with Gasteiger partial charge in [0.15, 0.2) is 11.6 Å². The highest BCUT2D eigenvalue weighted by Gasteiger charge is 2.10. The average molecular weight is 181 g/mol. The van der Waals surface area contributed by atoms with Crippen LogP contribution in [0.15, 0.2) is 18.2 Å². The van der Waals surface area contributed by atoms with Crippen molar-refractivity contribution in [3.05, 3.63) is 35.4 Å². The maximum Gasteiger partial charge on any atom is 0.162 e. The van der Waals surface area contributed by atoms with E-state index in [4.69, 9.17) is 5.26 Å². The van der Waals surface area contributed by atoms with Crippen LogP contribution < -0.4 is 0 Å². The van der Waals surface area contributed by atoms with Gasteiger partial charge < -0.3 is 0 Å². The van der Waals surface area contributed by atoms with E-state index in [2.05, 4.69) is 0 Å². The van der Waals surface area contributed by atoms with Crippen LogP contribution in [-0.2, 0) is 6.42 Å². The molecule has 1 unspecified atom stereocenters. The van der Waals surface area contributed by atoms with Crippen LogP contribution in [0.4, 0.5) is 8.78 Å². The molecule has 68 valence electrons. The maximum absolute atomic E-state index is 13.0. The van der Waals surface area contributed by atoms with E-state index in [1.807, 2.05) is 6.07 Å². The number of benzene rings is 1. The van der Waals surface area contributed by atoms with Gasteiger partial charge >= 0.3 is 0 Å². The third-order valence-electron chi connectivity index (χ3n) is 1.78. The van der Waals surface area contributed by atoms with Crippen molar-refractivity contribution in [1.82, 2.24) is 0 Å². The summed E-state index contributed by atoms with van der Waals surface area (Å²) in [7, 11) is 0. The summed E-state index contributed by atoms with van der Waals surface area (Å²) >= 11 is 0. The van der Waals surface area contributed by atoms with Gasteiger partial charge in [0.25, 0.3) is 0 Å². The summed E-state index contributed by atoms with van der Waals surface area (Å²) < 4.78 is 25.7. The van der Waals surface area contributed by atoms with Gasteiger partial charge in [-0.25, -0.2) is 8.78 Å². The molecular weight excluding hydrogens is 172 g/mol. The van der Waals surface area contributed by atoms with Crippen molar-refractivity contribution < 1.29 is 8.78 Å². The lowest BCUT2D eigenvalue weighted by atomic mass is 10.0. The topological polar surface area (TPSA) is 23.8 Å². The lowest BCUT2D eigenvalue weighted by Crippen LogP contribution is -2.00. The maximum atomic E-state index is 13.0. The zero-order valence-corrected chi connectivity index (χ0v) is 7.22. The monoisotopic (exact) mass is 181 g/mol. The summed E-state index contributed by atoms with van der Waals surface area (Å²) in [6.45, 7) is 1.67. The molecular formula is C10H9F2N. The van der Waals surface area contributed by atoms with Gasteiger partial charge in [0.05, 0.1) is 6.07 Å². The van der Waals surface area contributed by atoms with Crippen LogP contribution in [0.5, 0.6) is 0 Å². The normalized spacial score (nSPS) is 12.2. The lowest BCUT2D eigenvalue weighted by Gasteiger charge is -2.04. The van der Waals surface area contributed by atoms with Crippen molar-refractivity contribution in [3.63, 3.8) is 0 Å². The number of hydrogen-bond donors (Lipinski definition) is 0. The molecule has 1 aromatic rings. The van der Waals surface area contributed by atoms with Crippen molar-refractivity contribution in [3.8, 4) is 6.07 Å². The van der Waals surface area contributed by atoms with E-state index in [0.29, 0.717) is 0 Å². The molecule has 0 saturated carbocycles. The first kappa shape index (κ1) is 9.66. The summed E-state index contributed by atoms with van der Waals surface area (Å²) in [4.78, 5) is 0. The van der Waals surface area contributed by atoms with Crippen LogP contribution in [0.1, 0.15) is 12.5 Å². The van der Waals surface area contributed by atoms with Gasteiger partial charge in [-0.1, -0.05) is 12.1 Å². The molecule has 0 radical (unpaired) electrons. The Hall–Kier alpha value is -1.43. The predicted octanol–water partition coefficient (Wildman–Crippen LogP) is 2.67. The summed E-state index contributed by atoms with van der Waals surface area (Å²) in [6, 6.07) is 5.97. The van der Waals surface area contributed by atoms with Crippen LogP contribution >= 0.6 is 0 Å². The van der Waals surface area contributed by atoms with E-state index < -0.39 is 11.6 Å². The molecule has 3 heteroatoms. The number of halogens is 2. The molecule has 0 saturated heterocycles. The fourth-order valence-corrected chi connectivity index (χ4v) is 1.08. The van der Waals surface area contributed by atoms with Crippen molar-refractivity contribution in [1.29, 1.82) is 5.26 Å². The summed E-state index contributed by atoms with van der Waals surface area (Å²) in [6.07, 6.45) is 0.250. The van der Waals surface area contributed by atoms with Crippen molar-refractivity contribution in [2.45, 2.75) is 13.3 Å². The Bertz CT molecular complexity index is 341. The third kappa shape index (κ3) is 2.25. The van der Waals surface area contributed by atoms with Gasteiger partial charge in [0.1, 0.15) is 0 Å². The fourth-order valence-electron chi connectivity index (χ4n) is 1.08. The Morgan fingerprint density at radius 2 is 2.15 bits per heavy atom. The second-order valence-corrected chi connectivity index (χ2v) is 2.95. The Morgan fingerprint density at radius 3 is 2.77 bits per heavy atom. The molecule has 0 spiro atoms. The Kier molecular flexibility index (Phi) is 2.97.